The first kappa shape index (κ1) is 11.0. The summed E-state index contributed by atoms with van der Waals surface area (Å²) < 4.78 is 0. The van der Waals surface area contributed by atoms with Gasteiger partial charge in [-0.25, -0.2) is 0 Å². The van der Waals surface area contributed by atoms with E-state index in [9.17, 15) is 0 Å². The van der Waals surface area contributed by atoms with E-state index in [4.69, 9.17) is 0 Å². The molecule has 0 aromatic carbocycles. The van der Waals surface area contributed by atoms with Crippen LogP contribution in [0.5, 0.6) is 0 Å². The van der Waals surface area contributed by atoms with Crippen molar-refractivity contribution in [2.24, 2.45) is 0 Å². The van der Waals surface area contributed by atoms with Crippen molar-refractivity contribution < 1.29 is 0 Å². The summed E-state index contributed by atoms with van der Waals surface area (Å²) in [7, 11) is 0. The lowest BCUT2D eigenvalue weighted by molar-refractivity contribution is 1.04. The third-order valence-corrected chi connectivity index (χ3v) is 1.44. The molecule has 0 saturated carbocycles. The minimum atomic E-state index is 0.983. The average Bonchev–Trinajstić information content (AvgIpc) is 2.10. The van der Waals surface area contributed by atoms with Crippen LogP contribution in [0.4, 0.5) is 0 Å². The first-order valence-electron chi connectivity index (χ1n) is 4.43. The lowest BCUT2D eigenvalue weighted by Gasteiger charge is -1.85. The molecule has 0 nitrogen and oxygen atoms in total. The molecule has 0 rings (SSSR count). The van der Waals surface area contributed by atoms with E-state index < -0.39 is 0 Å². The molecule has 12 heavy (non-hydrogen) atoms. The summed E-state index contributed by atoms with van der Waals surface area (Å²) >= 11 is 0. The first-order valence-corrected chi connectivity index (χ1v) is 4.43. The van der Waals surface area contributed by atoms with Crippen LogP contribution in [0, 0.1) is 0 Å². The Balaban J connectivity index is 3.19. The molecule has 0 aliphatic carbocycles. The number of allylic oxidation sites excluding steroid dienone is 6. The monoisotopic (exact) mass is 162 g/mol. The Kier molecular flexibility index (Phi) is 9.10. The van der Waals surface area contributed by atoms with Gasteiger partial charge < -0.3 is 0 Å². The zero-order valence-electron chi connectivity index (χ0n) is 7.71. The van der Waals surface area contributed by atoms with E-state index in [1.165, 1.54) is 0 Å². The molecule has 0 heteroatoms. The Morgan fingerprint density at radius 1 is 0.667 bits per heavy atom. The molecule has 0 aliphatic heterocycles. The van der Waals surface area contributed by atoms with E-state index in [0.717, 1.165) is 25.7 Å². The highest BCUT2D eigenvalue weighted by Gasteiger charge is 1.75. The third kappa shape index (κ3) is 8.96. The van der Waals surface area contributed by atoms with Gasteiger partial charge in [-0.1, -0.05) is 36.5 Å². The molecule has 0 aromatic heterocycles. The van der Waals surface area contributed by atoms with Gasteiger partial charge in [0.25, 0.3) is 0 Å². The van der Waals surface area contributed by atoms with Crippen molar-refractivity contribution in [1.29, 1.82) is 0 Å². The maximum atomic E-state index is 3.64. The van der Waals surface area contributed by atoms with E-state index in [0.29, 0.717) is 0 Å². The Morgan fingerprint density at radius 2 is 1.08 bits per heavy atom. The molecule has 0 aromatic rings. The van der Waals surface area contributed by atoms with Crippen LogP contribution in [0.1, 0.15) is 25.7 Å². The van der Waals surface area contributed by atoms with Crippen molar-refractivity contribution in [1.82, 2.24) is 0 Å². The number of hydrogen-bond donors (Lipinski definition) is 0. The van der Waals surface area contributed by atoms with Gasteiger partial charge >= 0.3 is 0 Å². The van der Waals surface area contributed by atoms with Crippen molar-refractivity contribution in [3.8, 4) is 0 Å². The van der Waals surface area contributed by atoms with Gasteiger partial charge in [-0.3, -0.25) is 0 Å². The van der Waals surface area contributed by atoms with Gasteiger partial charge in [0.05, 0.1) is 0 Å². The van der Waals surface area contributed by atoms with Crippen LogP contribution in [0.3, 0.4) is 0 Å². The standard InChI is InChI=1S/C12H18/c1-3-5-7-9-11-12-10-8-6-4-2/h3-4,7-10H,1-2,5-6,11-12H2. The Morgan fingerprint density at radius 3 is 1.42 bits per heavy atom. The zero-order valence-corrected chi connectivity index (χ0v) is 7.71. The van der Waals surface area contributed by atoms with Gasteiger partial charge in [-0.15, -0.1) is 13.2 Å². The molecular weight excluding hydrogens is 144 g/mol. The lowest BCUT2D eigenvalue weighted by atomic mass is 10.2. The van der Waals surface area contributed by atoms with Crippen molar-refractivity contribution in [3.63, 3.8) is 0 Å². The molecule has 0 atom stereocenters. The van der Waals surface area contributed by atoms with Crippen LogP contribution in [0.25, 0.3) is 0 Å². The molecule has 0 heterocycles. The van der Waals surface area contributed by atoms with Gasteiger partial charge in [-0.2, -0.15) is 0 Å². The van der Waals surface area contributed by atoms with Crippen LogP contribution in [0.2, 0.25) is 0 Å². The van der Waals surface area contributed by atoms with Crippen molar-refractivity contribution in [3.05, 3.63) is 49.6 Å². The van der Waals surface area contributed by atoms with Gasteiger partial charge in [0, 0.05) is 0 Å². The SMILES string of the molecule is C=CCC=CCCC=CCC=C. The smallest absolute Gasteiger partial charge is 0.0172 e. The minimum absolute atomic E-state index is 0.983. The molecule has 0 amide bonds. The van der Waals surface area contributed by atoms with Gasteiger partial charge in [0.2, 0.25) is 0 Å². The molecule has 0 spiro atoms. The third-order valence-electron chi connectivity index (χ3n) is 1.44. The second-order valence-corrected chi connectivity index (χ2v) is 2.57. The quantitative estimate of drug-likeness (QED) is 0.391. The summed E-state index contributed by atoms with van der Waals surface area (Å²) in [5.41, 5.74) is 0. The van der Waals surface area contributed by atoms with Crippen LogP contribution in [0.15, 0.2) is 49.6 Å². The predicted octanol–water partition coefficient (Wildman–Crippen LogP) is 4.03. The van der Waals surface area contributed by atoms with E-state index >= 15 is 0 Å². The van der Waals surface area contributed by atoms with Crippen LogP contribution >= 0.6 is 0 Å². The van der Waals surface area contributed by atoms with E-state index in [-0.39, 0.29) is 0 Å². The van der Waals surface area contributed by atoms with Gasteiger partial charge in [0.1, 0.15) is 0 Å². The number of rotatable bonds is 7. The van der Waals surface area contributed by atoms with Crippen LogP contribution < -0.4 is 0 Å². The molecule has 66 valence electrons. The molecule has 0 fully saturated rings. The summed E-state index contributed by atoms with van der Waals surface area (Å²) in [5.74, 6) is 0. The van der Waals surface area contributed by atoms with E-state index in [1.807, 2.05) is 12.2 Å². The summed E-state index contributed by atoms with van der Waals surface area (Å²) in [5, 5.41) is 0. The fourth-order valence-corrected chi connectivity index (χ4v) is 0.813. The van der Waals surface area contributed by atoms with Crippen molar-refractivity contribution >= 4 is 0 Å². The molecular formula is C12H18. The predicted molar refractivity (Wildman–Crippen MR) is 57.1 cm³/mol. The Hall–Kier alpha value is -1.04. The maximum absolute atomic E-state index is 3.64. The van der Waals surface area contributed by atoms with E-state index in [2.05, 4.69) is 37.5 Å². The molecule has 0 bridgehead atoms. The molecule has 0 saturated heterocycles. The number of unbranched alkanes of at least 4 members (excludes halogenated alkanes) is 1. The van der Waals surface area contributed by atoms with Crippen molar-refractivity contribution in [2.45, 2.75) is 25.7 Å². The summed E-state index contributed by atoms with van der Waals surface area (Å²) in [6, 6.07) is 0. The minimum Gasteiger partial charge on any atom is -0.103 e. The Labute approximate surface area is 76.0 Å². The number of hydrogen-bond acceptors (Lipinski definition) is 0. The van der Waals surface area contributed by atoms with Crippen LogP contribution in [-0.4, -0.2) is 0 Å². The first-order chi connectivity index (χ1) is 5.91. The van der Waals surface area contributed by atoms with Gasteiger partial charge in [-0.05, 0) is 25.7 Å². The second-order valence-electron chi connectivity index (χ2n) is 2.57. The maximum Gasteiger partial charge on any atom is -0.0172 e. The molecule has 0 unspecified atom stereocenters. The lowest BCUT2D eigenvalue weighted by Crippen LogP contribution is -1.65. The molecule has 0 aliphatic rings. The average molecular weight is 162 g/mol. The summed E-state index contributed by atoms with van der Waals surface area (Å²) in [6.45, 7) is 7.29. The highest BCUT2D eigenvalue weighted by atomic mass is 13.8. The highest BCUT2D eigenvalue weighted by Crippen LogP contribution is 1.95. The van der Waals surface area contributed by atoms with Gasteiger partial charge in [0.15, 0.2) is 0 Å². The summed E-state index contributed by atoms with van der Waals surface area (Å²) in [4.78, 5) is 0. The summed E-state index contributed by atoms with van der Waals surface area (Å²) in [6.07, 6.45) is 16.7. The normalized spacial score (nSPS) is 11.0. The molecule has 0 radical (unpaired) electrons. The largest absolute Gasteiger partial charge is 0.103 e. The fourth-order valence-electron chi connectivity index (χ4n) is 0.813. The van der Waals surface area contributed by atoms with E-state index in [1.54, 1.807) is 0 Å². The fraction of sp³-hybridized carbons (Fsp3) is 0.333. The topological polar surface area (TPSA) is 0 Å². The second kappa shape index (κ2) is 9.96. The van der Waals surface area contributed by atoms with Crippen LogP contribution in [-0.2, 0) is 0 Å². The highest BCUT2D eigenvalue weighted by molar-refractivity contribution is 4.92. The zero-order chi connectivity index (χ0) is 9.07. The molecule has 0 N–H and O–H groups in total. The van der Waals surface area contributed by atoms with Crippen molar-refractivity contribution in [2.75, 3.05) is 0 Å². The Bertz CT molecular complexity index is 141.